The van der Waals surface area contributed by atoms with Crippen molar-refractivity contribution >= 4 is 0 Å². The zero-order chi connectivity index (χ0) is 21.1. The highest BCUT2D eigenvalue weighted by Crippen LogP contribution is 2.32. The van der Waals surface area contributed by atoms with Crippen molar-refractivity contribution in [2.24, 2.45) is 0 Å². The second-order valence-electron chi connectivity index (χ2n) is 6.73. The number of hydrogen-bond donors (Lipinski definition) is 0. The zero-order valence-electron chi connectivity index (χ0n) is 17.2. The second kappa shape index (κ2) is 8.28. The minimum absolute atomic E-state index is 0.419. The van der Waals surface area contributed by atoms with Crippen molar-refractivity contribution in [3.8, 4) is 39.8 Å². The molecular weight excluding hydrogens is 384 g/mol. The highest BCUT2D eigenvalue weighted by Gasteiger charge is 2.13. The van der Waals surface area contributed by atoms with Gasteiger partial charge in [0.05, 0.1) is 27.5 Å². The summed E-state index contributed by atoms with van der Waals surface area (Å²) in [5.41, 5.74) is 4.44. The van der Waals surface area contributed by atoms with Crippen LogP contribution in [0.5, 0.6) is 17.2 Å². The first-order chi connectivity index (χ1) is 14.6. The molecule has 8 nitrogen and oxygen atoms in total. The quantitative estimate of drug-likeness (QED) is 0.459. The van der Waals surface area contributed by atoms with Crippen molar-refractivity contribution in [3.05, 3.63) is 60.0 Å². The van der Waals surface area contributed by atoms with Gasteiger partial charge < -0.3 is 18.7 Å². The predicted molar refractivity (Wildman–Crippen MR) is 111 cm³/mol. The van der Waals surface area contributed by atoms with Gasteiger partial charge in [-0.25, -0.2) is 4.68 Å². The highest BCUT2D eigenvalue weighted by molar-refractivity contribution is 5.64. The third-order valence-electron chi connectivity index (χ3n) is 4.80. The molecule has 2 aromatic carbocycles. The fourth-order valence-electron chi connectivity index (χ4n) is 3.23. The van der Waals surface area contributed by atoms with E-state index in [1.165, 1.54) is 0 Å². The van der Waals surface area contributed by atoms with Gasteiger partial charge in [-0.1, -0.05) is 10.4 Å². The molecule has 8 heteroatoms. The number of ether oxygens (including phenoxy) is 3. The molecule has 2 aromatic heterocycles. The van der Waals surface area contributed by atoms with Gasteiger partial charge in [-0.05, 0) is 48.9 Å². The van der Waals surface area contributed by atoms with Crippen LogP contribution in [0.2, 0.25) is 0 Å². The van der Waals surface area contributed by atoms with Crippen molar-refractivity contribution in [1.82, 2.24) is 20.2 Å². The molecule has 4 rings (SSSR count). The van der Waals surface area contributed by atoms with Crippen LogP contribution in [-0.4, -0.2) is 41.5 Å². The molecule has 0 aliphatic carbocycles. The van der Waals surface area contributed by atoms with E-state index in [0.717, 1.165) is 28.1 Å². The lowest BCUT2D eigenvalue weighted by atomic mass is 10.1. The maximum atomic E-state index is 5.49. The summed E-state index contributed by atoms with van der Waals surface area (Å²) in [6, 6.07) is 13.3. The fraction of sp³-hybridized carbons (Fsp3) is 0.227. The van der Waals surface area contributed by atoms with Gasteiger partial charge in [-0.3, -0.25) is 0 Å². The van der Waals surface area contributed by atoms with Crippen LogP contribution in [-0.2, 0) is 6.54 Å². The molecule has 0 saturated carbocycles. The van der Waals surface area contributed by atoms with E-state index in [-0.39, 0.29) is 0 Å². The molecule has 0 aliphatic rings. The molecule has 0 aliphatic heterocycles. The summed E-state index contributed by atoms with van der Waals surface area (Å²) in [6.07, 6.45) is 1.88. The highest BCUT2D eigenvalue weighted by atomic mass is 16.5. The SMILES string of the molecule is COc1ccc(-c2cn(Cc3cc(-c4ccc(OC)c(OC)c4)no3)nn2)c(C)c1. The van der Waals surface area contributed by atoms with E-state index in [9.17, 15) is 0 Å². The van der Waals surface area contributed by atoms with Gasteiger partial charge in [0.15, 0.2) is 17.3 Å². The summed E-state index contributed by atoms with van der Waals surface area (Å²) in [4.78, 5) is 0. The van der Waals surface area contributed by atoms with Crippen LogP contribution in [0.15, 0.2) is 53.2 Å². The Labute approximate surface area is 174 Å². The zero-order valence-corrected chi connectivity index (χ0v) is 17.2. The van der Waals surface area contributed by atoms with Gasteiger partial charge >= 0.3 is 0 Å². The number of aromatic nitrogens is 4. The number of rotatable bonds is 7. The summed E-state index contributed by atoms with van der Waals surface area (Å²) in [7, 11) is 4.85. The molecule has 0 amide bonds. The van der Waals surface area contributed by atoms with Gasteiger partial charge in [-0.15, -0.1) is 5.10 Å². The number of methoxy groups -OCH3 is 3. The molecule has 0 bridgehead atoms. The standard InChI is InChI=1S/C22H22N4O4/c1-14-9-16(27-2)6-7-18(14)20-13-26(25-23-20)12-17-11-19(24-30-17)15-5-8-21(28-3)22(10-15)29-4/h5-11,13H,12H2,1-4H3. The third kappa shape index (κ3) is 3.84. The van der Waals surface area contributed by atoms with E-state index < -0.39 is 0 Å². The predicted octanol–water partition coefficient (Wildman–Crippen LogP) is 3.98. The Bertz CT molecular complexity index is 1170. The second-order valence-corrected chi connectivity index (χ2v) is 6.73. The Balaban J connectivity index is 1.52. The lowest BCUT2D eigenvalue weighted by Gasteiger charge is -2.07. The summed E-state index contributed by atoms with van der Waals surface area (Å²) in [5, 5.41) is 12.7. The Hall–Kier alpha value is -3.81. The summed E-state index contributed by atoms with van der Waals surface area (Å²) in [5.74, 6) is 2.78. The van der Waals surface area contributed by atoms with E-state index in [1.54, 1.807) is 26.0 Å². The molecule has 0 fully saturated rings. The number of benzene rings is 2. The molecule has 2 heterocycles. The topological polar surface area (TPSA) is 84.4 Å². The molecule has 0 saturated heterocycles. The van der Waals surface area contributed by atoms with Crippen LogP contribution in [0.3, 0.4) is 0 Å². The first-order valence-electron chi connectivity index (χ1n) is 9.34. The smallest absolute Gasteiger partial charge is 0.161 e. The molecule has 0 unspecified atom stereocenters. The van der Waals surface area contributed by atoms with Crippen molar-refractivity contribution in [3.63, 3.8) is 0 Å². The number of hydrogen-bond acceptors (Lipinski definition) is 7. The summed E-state index contributed by atoms with van der Waals surface area (Å²) >= 11 is 0. The van der Waals surface area contributed by atoms with Crippen molar-refractivity contribution < 1.29 is 18.7 Å². The van der Waals surface area contributed by atoms with E-state index >= 15 is 0 Å². The van der Waals surface area contributed by atoms with E-state index in [1.807, 2.05) is 55.6 Å². The normalized spacial score (nSPS) is 10.8. The monoisotopic (exact) mass is 406 g/mol. The summed E-state index contributed by atoms with van der Waals surface area (Å²) in [6.45, 7) is 2.44. The molecule has 0 N–H and O–H groups in total. The lowest BCUT2D eigenvalue weighted by Crippen LogP contribution is -1.98. The molecule has 4 aromatic rings. The maximum absolute atomic E-state index is 5.49. The minimum Gasteiger partial charge on any atom is -0.497 e. The van der Waals surface area contributed by atoms with Crippen LogP contribution >= 0.6 is 0 Å². The van der Waals surface area contributed by atoms with Gasteiger partial charge in [0, 0.05) is 17.2 Å². The number of aryl methyl sites for hydroxylation is 1. The van der Waals surface area contributed by atoms with Gasteiger partial charge in [0.1, 0.15) is 23.7 Å². The lowest BCUT2D eigenvalue weighted by molar-refractivity contribution is 0.355. The van der Waals surface area contributed by atoms with Crippen LogP contribution in [0.1, 0.15) is 11.3 Å². The van der Waals surface area contributed by atoms with Crippen molar-refractivity contribution in [2.75, 3.05) is 21.3 Å². The van der Waals surface area contributed by atoms with Crippen molar-refractivity contribution in [1.29, 1.82) is 0 Å². The first-order valence-corrected chi connectivity index (χ1v) is 9.34. The molecule has 0 spiro atoms. The van der Waals surface area contributed by atoms with Gasteiger partial charge in [0.2, 0.25) is 0 Å². The number of nitrogens with zero attached hydrogens (tertiary/aromatic N) is 4. The maximum Gasteiger partial charge on any atom is 0.161 e. The third-order valence-corrected chi connectivity index (χ3v) is 4.80. The molecule has 154 valence electrons. The Kier molecular flexibility index (Phi) is 5.38. The van der Waals surface area contributed by atoms with Crippen LogP contribution in [0, 0.1) is 6.92 Å². The Morgan fingerprint density at radius 3 is 2.47 bits per heavy atom. The molecule has 0 atom stereocenters. The van der Waals surface area contributed by atoms with Gasteiger partial charge in [0.25, 0.3) is 0 Å². The molecular formula is C22H22N4O4. The molecule has 30 heavy (non-hydrogen) atoms. The van der Waals surface area contributed by atoms with E-state index in [2.05, 4.69) is 15.5 Å². The van der Waals surface area contributed by atoms with Crippen LogP contribution < -0.4 is 14.2 Å². The molecule has 0 radical (unpaired) electrons. The Morgan fingerprint density at radius 1 is 0.900 bits per heavy atom. The largest absolute Gasteiger partial charge is 0.497 e. The van der Waals surface area contributed by atoms with Crippen LogP contribution in [0.25, 0.3) is 22.5 Å². The summed E-state index contributed by atoms with van der Waals surface area (Å²) < 4.78 is 23.1. The van der Waals surface area contributed by atoms with Gasteiger partial charge in [-0.2, -0.15) is 0 Å². The first kappa shape index (κ1) is 19.5. The fourth-order valence-corrected chi connectivity index (χ4v) is 3.23. The van der Waals surface area contributed by atoms with E-state index in [4.69, 9.17) is 18.7 Å². The van der Waals surface area contributed by atoms with Crippen molar-refractivity contribution in [2.45, 2.75) is 13.5 Å². The van der Waals surface area contributed by atoms with Crippen LogP contribution in [0.4, 0.5) is 0 Å². The van der Waals surface area contributed by atoms with E-state index in [0.29, 0.717) is 29.5 Å². The average Bonchev–Trinajstić information content (AvgIpc) is 3.43. The minimum atomic E-state index is 0.419. The average molecular weight is 406 g/mol. The Morgan fingerprint density at radius 2 is 1.73 bits per heavy atom.